The maximum atomic E-state index is 13.1. The van der Waals surface area contributed by atoms with Gasteiger partial charge in [0.25, 0.3) is 0 Å². The Bertz CT molecular complexity index is 977. The Morgan fingerprint density at radius 3 is 2.52 bits per heavy atom. The number of para-hydroxylation sites is 1. The molecule has 1 aromatic carbocycles. The number of fused-ring (bicyclic) bond motifs is 1. The molecule has 0 saturated carbocycles. The fourth-order valence-electron chi connectivity index (χ4n) is 5.37. The molecule has 0 radical (unpaired) electrons. The van der Waals surface area contributed by atoms with Crippen LogP contribution in [-0.4, -0.2) is 64.2 Å². The van der Waals surface area contributed by atoms with Crippen LogP contribution in [0.1, 0.15) is 37.1 Å². The average Bonchev–Trinajstić information content (AvgIpc) is 3.11. The zero-order valence-corrected chi connectivity index (χ0v) is 19.0. The number of benzene rings is 1. The molecule has 0 spiro atoms. The molecule has 3 aliphatic rings. The third-order valence-corrected chi connectivity index (χ3v) is 7.36. The van der Waals surface area contributed by atoms with Crippen LogP contribution >= 0.6 is 12.2 Å². The van der Waals surface area contributed by atoms with Gasteiger partial charge < -0.3 is 14.2 Å². The molecule has 2 aromatic rings. The van der Waals surface area contributed by atoms with Gasteiger partial charge in [-0.15, -0.1) is 0 Å². The molecule has 0 N–H and O–H groups in total. The van der Waals surface area contributed by atoms with E-state index >= 15 is 0 Å². The average molecular weight is 441 g/mol. The van der Waals surface area contributed by atoms with Gasteiger partial charge in [0, 0.05) is 36.7 Å². The maximum absolute atomic E-state index is 13.1. The largest absolute Gasteiger partial charge is 0.378 e. The Kier molecular flexibility index (Phi) is 6.25. The summed E-state index contributed by atoms with van der Waals surface area (Å²) in [4.78, 5) is 17.5. The number of rotatable bonds is 4. The summed E-state index contributed by atoms with van der Waals surface area (Å²) in [5.41, 5.74) is 3.92. The maximum Gasteiger partial charge on any atom is 0.227 e. The number of ether oxygens (including phenoxy) is 1. The zero-order valence-electron chi connectivity index (χ0n) is 18.2. The second-order valence-corrected chi connectivity index (χ2v) is 9.34. The summed E-state index contributed by atoms with van der Waals surface area (Å²) in [6.07, 6.45) is 6.66. The molecule has 5 rings (SSSR count). The van der Waals surface area contributed by atoms with Gasteiger partial charge in [-0.1, -0.05) is 18.2 Å². The molecule has 0 bridgehead atoms. The van der Waals surface area contributed by atoms with Crippen molar-refractivity contribution in [3.05, 3.63) is 46.5 Å². The SMILES string of the molecule is O=C(C1CCCN(Cn2c3c(n(-c4ccccc4)c2=S)CCCC3)C1)N1CCOCC1. The minimum atomic E-state index is 0.0908. The Morgan fingerprint density at radius 1 is 1.00 bits per heavy atom. The molecule has 1 aromatic heterocycles. The van der Waals surface area contributed by atoms with Gasteiger partial charge in [-0.25, -0.2) is 0 Å². The van der Waals surface area contributed by atoms with Crippen LogP contribution in [-0.2, 0) is 29.0 Å². The second kappa shape index (κ2) is 9.27. The Hall–Kier alpha value is -1.96. The minimum Gasteiger partial charge on any atom is -0.378 e. The topological polar surface area (TPSA) is 42.6 Å². The molecule has 3 heterocycles. The van der Waals surface area contributed by atoms with Crippen LogP contribution in [0.15, 0.2) is 30.3 Å². The summed E-state index contributed by atoms with van der Waals surface area (Å²) >= 11 is 6.00. The zero-order chi connectivity index (χ0) is 21.2. The Labute approximate surface area is 189 Å². The molecular formula is C24H32N4O2S. The van der Waals surface area contributed by atoms with E-state index in [1.807, 2.05) is 4.90 Å². The molecule has 2 saturated heterocycles. The first kappa shape index (κ1) is 20.9. The van der Waals surface area contributed by atoms with Crippen molar-refractivity contribution < 1.29 is 9.53 Å². The summed E-state index contributed by atoms with van der Waals surface area (Å²) in [7, 11) is 0. The highest BCUT2D eigenvalue weighted by Crippen LogP contribution is 2.28. The Balaban J connectivity index is 1.38. The van der Waals surface area contributed by atoms with Gasteiger partial charge in [-0.3, -0.25) is 14.3 Å². The van der Waals surface area contributed by atoms with Gasteiger partial charge in [-0.05, 0) is 69.4 Å². The van der Waals surface area contributed by atoms with Gasteiger partial charge in [-0.2, -0.15) is 0 Å². The van der Waals surface area contributed by atoms with Crippen molar-refractivity contribution in [3.63, 3.8) is 0 Å². The number of carbonyl (C=O) groups is 1. The number of hydrogen-bond donors (Lipinski definition) is 0. The van der Waals surface area contributed by atoms with Gasteiger partial charge >= 0.3 is 0 Å². The molecule has 2 fully saturated rings. The highest BCUT2D eigenvalue weighted by molar-refractivity contribution is 7.71. The number of amides is 1. The molecule has 6 nitrogen and oxygen atoms in total. The number of carbonyl (C=O) groups excluding carboxylic acids is 1. The number of aromatic nitrogens is 2. The smallest absolute Gasteiger partial charge is 0.227 e. The van der Waals surface area contributed by atoms with Crippen molar-refractivity contribution in [1.82, 2.24) is 18.9 Å². The summed E-state index contributed by atoms with van der Waals surface area (Å²) in [6.45, 7) is 5.42. The lowest BCUT2D eigenvalue weighted by molar-refractivity contribution is -0.141. The quantitative estimate of drug-likeness (QED) is 0.684. The van der Waals surface area contributed by atoms with Gasteiger partial charge in [0.05, 0.1) is 25.8 Å². The van der Waals surface area contributed by atoms with E-state index in [4.69, 9.17) is 17.0 Å². The van der Waals surface area contributed by atoms with Crippen LogP contribution < -0.4 is 0 Å². The lowest BCUT2D eigenvalue weighted by Crippen LogP contribution is -2.48. The van der Waals surface area contributed by atoms with E-state index in [9.17, 15) is 4.79 Å². The van der Waals surface area contributed by atoms with Crippen LogP contribution in [0.4, 0.5) is 0 Å². The first-order valence-electron chi connectivity index (χ1n) is 11.7. The fraction of sp³-hybridized carbons (Fsp3) is 0.583. The van der Waals surface area contributed by atoms with E-state index in [0.29, 0.717) is 19.1 Å². The van der Waals surface area contributed by atoms with Crippen molar-refractivity contribution in [2.45, 2.75) is 45.2 Å². The van der Waals surface area contributed by atoms with Gasteiger partial charge in [0.15, 0.2) is 4.77 Å². The lowest BCUT2D eigenvalue weighted by Gasteiger charge is -2.36. The molecule has 7 heteroatoms. The van der Waals surface area contributed by atoms with E-state index < -0.39 is 0 Å². The van der Waals surface area contributed by atoms with E-state index in [1.165, 1.54) is 24.2 Å². The number of morpholine rings is 1. The van der Waals surface area contributed by atoms with E-state index in [0.717, 1.165) is 69.0 Å². The number of piperidine rings is 1. The highest BCUT2D eigenvalue weighted by atomic mass is 32.1. The third-order valence-electron chi connectivity index (χ3n) is 6.96. The first-order chi connectivity index (χ1) is 15.2. The predicted molar refractivity (Wildman–Crippen MR) is 123 cm³/mol. The standard InChI is InChI=1S/C24H32N4O2S/c29-23(26-13-15-30-16-14-26)19-7-6-12-25(17-19)18-27-21-10-4-5-11-22(21)28(24(27)31)20-8-2-1-3-9-20/h1-3,8-9,19H,4-7,10-18H2. The molecule has 1 atom stereocenters. The van der Waals surface area contributed by atoms with Crippen LogP contribution in [0.3, 0.4) is 0 Å². The molecule has 166 valence electrons. The monoisotopic (exact) mass is 440 g/mol. The summed E-state index contributed by atoms with van der Waals surface area (Å²) < 4.78 is 10.9. The van der Waals surface area contributed by atoms with E-state index in [1.54, 1.807) is 0 Å². The third kappa shape index (κ3) is 4.23. The van der Waals surface area contributed by atoms with Crippen molar-refractivity contribution >= 4 is 18.1 Å². The van der Waals surface area contributed by atoms with Crippen LogP contribution in [0, 0.1) is 10.7 Å². The number of nitrogens with zero attached hydrogens (tertiary/aromatic N) is 4. The van der Waals surface area contributed by atoms with Crippen molar-refractivity contribution in [1.29, 1.82) is 0 Å². The van der Waals surface area contributed by atoms with Crippen molar-refractivity contribution in [2.24, 2.45) is 5.92 Å². The minimum absolute atomic E-state index is 0.0908. The second-order valence-electron chi connectivity index (χ2n) is 8.98. The number of likely N-dealkylation sites (tertiary alicyclic amines) is 1. The Morgan fingerprint density at radius 2 is 1.74 bits per heavy atom. The first-order valence-corrected chi connectivity index (χ1v) is 12.1. The highest BCUT2D eigenvalue weighted by Gasteiger charge is 2.31. The summed E-state index contributed by atoms with van der Waals surface area (Å²) in [5, 5.41) is 0. The predicted octanol–water partition coefficient (Wildman–Crippen LogP) is 3.42. The van der Waals surface area contributed by atoms with Crippen LogP contribution in [0.25, 0.3) is 5.69 Å². The molecular weight excluding hydrogens is 408 g/mol. The molecule has 1 aliphatic carbocycles. The van der Waals surface area contributed by atoms with Crippen LogP contribution in [0.2, 0.25) is 0 Å². The van der Waals surface area contributed by atoms with Crippen molar-refractivity contribution in [2.75, 3.05) is 39.4 Å². The summed E-state index contributed by atoms with van der Waals surface area (Å²) in [6, 6.07) is 10.5. The van der Waals surface area contributed by atoms with Crippen LogP contribution in [0.5, 0.6) is 0 Å². The molecule has 1 unspecified atom stereocenters. The molecule has 2 aliphatic heterocycles. The summed E-state index contributed by atoms with van der Waals surface area (Å²) in [5.74, 6) is 0.397. The fourth-order valence-corrected chi connectivity index (χ4v) is 5.76. The number of imidazole rings is 1. The van der Waals surface area contributed by atoms with E-state index in [2.05, 4.69) is 44.4 Å². The van der Waals surface area contributed by atoms with Crippen molar-refractivity contribution in [3.8, 4) is 5.69 Å². The lowest BCUT2D eigenvalue weighted by atomic mass is 9.96. The normalized spacial score (nSPS) is 22.3. The van der Waals surface area contributed by atoms with Gasteiger partial charge in [0.2, 0.25) is 5.91 Å². The van der Waals surface area contributed by atoms with E-state index in [-0.39, 0.29) is 5.92 Å². The molecule has 31 heavy (non-hydrogen) atoms. The molecule has 1 amide bonds. The number of hydrogen-bond acceptors (Lipinski definition) is 4. The van der Waals surface area contributed by atoms with Gasteiger partial charge in [0.1, 0.15) is 0 Å².